The Morgan fingerprint density at radius 3 is 2.64 bits per heavy atom. The highest BCUT2D eigenvalue weighted by Gasteiger charge is 2.24. The van der Waals surface area contributed by atoms with E-state index in [0.717, 1.165) is 22.1 Å². The highest BCUT2D eigenvalue weighted by Crippen LogP contribution is 2.31. The smallest absolute Gasteiger partial charge is 0.414 e. The molecule has 0 aliphatic heterocycles. The molecule has 5 rings (SSSR count). The van der Waals surface area contributed by atoms with Gasteiger partial charge in [0.1, 0.15) is 17.9 Å². The van der Waals surface area contributed by atoms with Crippen molar-refractivity contribution in [1.29, 1.82) is 0 Å². The first-order chi connectivity index (χ1) is 17.2. The minimum absolute atomic E-state index is 0.173. The predicted octanol–water partition coefficient (Wildman–Crippen LogP) is 6.12. The van der Waals surface area contributed by atoms with E-state index in [1.54, 1.807) is 30.5 Å². The molecule has 7 heteroatoms. The highest BCUT2D eigenvalue weighted by atomic mass is 16.6. The molecule has 1 aliphatic rings. The molecular formula is C29H26N2O5. The molecule has 1 N–H and O–H groups in total. The van der Waals surface area contributed by atoms with E-state index in [1.807, 2.05) is 63.2 Å². The molecular weight excluding hydrogens is 456 g/mol. The van der Waals surface area contributed by atoms with Crippen molar-refractivity contribution in [2.45, 2.75) is 39.3 Å². The number of hydrogen-bond acceptors (Lipinski definition) is 6. The van der Waals surface area contributed by atoms with E-state index in [-0.39, 0.29) is 17.4 Å². The Bertz CT molecular complexity index is 1480. The van der Waals surface area contributed by atoms with Gasteiger partial charge in [0.05, 0.1) is 0 Å². The lowest BCUT2D eigenvalue weighted by molar-refractivity contribution is 0.101. The Morgan fingerprint density at radius 2 is 1.86 bits per heavy atom. The molecule has 2 aromatic carbocycles. The van der Waals surface area contributed by atoms with Crippen LogP contribution in [0.5, 0.6) is 11.6 Å². The molecule has 1 aliphatic carbocycles. The number of ketones is 1. The minimum atomic E-state index is -0.581. The first kappa shape index (κ1) is 23.4. The Kier molecular flexibility index (Phi) is 6.06. The second kappa shape index (κ2) is 9.34. The summed E-state index contributed by atoms with van der Waals surface area (Å²) < 4.78 is 17.0. The molecule has 2 aromatic heterocycles. The number of carbonyl (C=O) groups is 2. The highest BCUT2D eigenvalue weighted by molar-refractivity contribution is 6.12. The second-order valence-corrected chi connectivity index (χ2v) is 9.75. The lowest BCUT2D eigenvalue weighted by Gasteiger charge is -2.19. The topological polar surface area (TPSA) is 90.7 Å². The van der Waals surface area contributed by atoms with Crippen LogP contribution in [-0.4, -0.2) is 22.4 Å². The number of allylic oxidation sites excluding steroid dienone is 1. The monoisotopic (exact) mass is 482 g/mol. The number of pyridine rings is 1. The van der Waals surface area contributed by atoms with Crippen LogP contribution in [0.4, 0.5) is 4.79 Å². The SMILES string of the molecule is CC(C)(C)NC(=O)Oc1cc2c(cn1)CC(C(=O)c1cc3cc(OCc4ccccc4)ccc3o1)=C2. The van der Waals surface area contributed by atoms with Crippen LogP contribution in [0.3, 0.4) is 0 Å². The number of ether oxygens (including phenoxy) is 2. The van der Waals surface area contributed by atoms with E-state index in [9.17, 15) is 9.59 Å². The van der Waals surface area contributed by atoms with Gasteiger partial charge < -0.3 is 19.2 Å². The average Bonchev–Trinajstić information content (AvgIpc) is 3.45. The fraction of sp³-hybridized carbons (Fsp3) is 0.207. The number of Topliss-reactive ketones (excluding diaryl/α,β-unsaturated/α-hetero) is 1. The first-order valence-electron chi connectivity index (χ1n) is 11.7. The minimum Gasteiger partial charge on any atom is -0.489 e. The number of fused-ring (bicyclic) bond motifs is 2. The van der Waals surface area contributed by atoms with E-state index in [2.05, 4.69) is 10.3 Å². The summed E-state index contributed by atoms with van der Waals surface area (Å²) >= 11 is 0. The summed E-state index contributed by atoms with van der Waals surface area (Å²) in [6, 6.07) is 18.8. The number of furan rings is 1. The van der Waals surface area contributed by atoms with Crippen molar-refractivity contribution in [3.63, 3.8) is 0 Å². The molecule has 0 bridgehead atoms. The van der Waals surface area contributed by atoms with Crippen LogP contribution in [0.25, 0.3) is 17.0 Å². The molecule has 0 saturated carbocycles. The zero-order chi connectivity index (χ0) is 25.3. The number of amides is 1. The maximum Gasteiger partial charge on any atom is 0.414 e. The van der Waals surface area contributed by atoms with Crippen LogP contribution in [0, 0.1) is 0 Å². The maximum absolute atomic E-state index is 13.2. The van der Waals surface area contributed by atoms with Gasteiger partial charge in [-0.3, -0.25) is 4.79 Å². The van der Waals surface area contributed by atoms with Crippen LogP contribution in [-0.2, 0) is 13.0 Å². The van der Waals surface area contributed by atoms with E-state index in [4.69, 9.17) is 13.9 Å². The van der Waals surface area contributed by atoms with Crippen molar-refractivity contribution >= 4 is 28.9 Å². The van der Waals surface area contributed by atoms with Crippen LogP contribution < -0.4 is 14.8 Å². The number of nitrogens with zero attached hydrogens (tertiary/aromatic N) is 1. The summed E-state index contributed by atoms with van der Waals surface area (Å²) in [4.78, 5) is 29.4. The number of carbonyl (C=O) groups excluding carboxylic acids is 2. The number of aromatic nitrogens is 1. The van der Waals surface area contributed by atoms with Crippen LogP contribution in [0.2, 0.25) is 0 Å². The number of nitrogens with one attached hydrogen (secondary N) is 1. The van der Waals surface area contributed by atoms with Crippen LogP contribution in [0.15, 0.2) is 76.9 Å². The number of benzene rings is 2. The standard InChI is InChI=1S/C29H26N2O5/c1-29(2,3)31-28(33)36-26-15-19-11-21(12-22(19)16-30-26)27(32)25-14-20-13-23(9-10-24(20)35-25)34-17-18-7-5-4-6-8-18/h4-11,13-16H,12,17H2,1-3H3,(H,31,33). The Balaban J connectivity index is 1.29. The van der Waals surface area contributed by atoms with Gasteiger partial charge in [-0.1, -0.05) is 30.3 Å². The molecule has 0 fully saturated rings. The summed E-state index contributed by atoms with van der Waals surface area (Å²) in [6.07, 6.45) is 3.26. The van der Waals surface area contributed by atoms with Gasteiger partial charge in [-0.15, -0.1) is 0 Å². The fourth-order valence-corrected chi connectivity index (χ4v) is 3.96. The third kappa shape index (κ3) is 5.30. The quantitative estimate of drug-likeness (QED) is 0.333. The molecule has 0 spiro atoms. The third-order valence-corrected chi connectivity index (χ3v) is 5.63. The fourth-order valence-electron chi connectivity index (χ4n) is 3.96. The van der Waals surface area contributed by atoms with Gasteiger partial charge in [-0.25, -0.2) is 9.78 Å². The lowest BCUT2D eigenvalue weighted by Crippen LogP contribution is -2.42. The van der Waals surface area contributed by atoms with Crippen molar-refractivity contribution in [3.8, 4) is 11.6 Å². The average molecular weight is 483 g/mol. The van der Waals surface area contributed by atoms with E-state index in [1.165, 1.54) is 0 Å². The van der Waals surface area contributed by atoms with Crippen molar-refractivity contribution < 1.29 is 23.5 Å². The van der Waals surface area contributed by atoms with Crippen LogP contribution >= 0.6 is 0 Å². The van der Waals surface area contributed by atoms with Gasteiger partial charge in [-0.2, -0.15) is 0 Å². The van der Waals surface area contributed by atoms with Crippen molar-refractivity contribution in [1.82, 2.24) is 10.3 Å². The Hall–Kier alpha value is -4.39. The van der Waals surface area contributed by atoms with Crippen molar-refractivity contribution in [3.05, 3.63) is 94.9 Å². The molecule has 0 radical (unpaired) electrons. The predicted molar refractivity (Wildman–Crippen MR) is 136 cm³/mol. The van der Waals surface area contributed by atoms with Gasteiger partial charge in [0, 0.05) is 35.2 Å². The molecule has 1 amide bonds. The van der Waals surface area contributed by atoms with E-state index < -0.39 is 11.6 Å². The maximum atomic E-state index is 13.2. The van der Waals surface area contributed by atoms with E-state index >= 15 is 0 Å². The summed E-state index contributed by atoms with van der Waals surface area (Å²) in [5.41, 5.74) is 3.53. The third-order valence-electron chi connectivity index (χ3n) is 5.63. The largest absolute Gasteiger partial charge is 0.489 e. The molecule has 182 valence electrons. The Morgan fingerprint density at radius 1 is 1.06 bits per heavy atom. The molecule has 0 atom stereocenters. The van der Waals surface area contributed by atoms with E-state index in [0.29, 0.717) is 29.9 Å². The first-order valence-corrected chi connectivity index (χ1v) is 11.7. The molecule has 36 heavy (non-hydrogen) atoms. The van der Waals surface area contributed by atoms with Gasteiger partial charge in [0.2, 0.25) is 11.7 Å². The molecule has 0 saturated heterocycles. The molecule has 4 aromatic rings. The summed E-state index contributed by atoms with van der Waals surface area (Å²) in [6.45, 7) is 6.05. The summed E-state index contributed by atoms with van der Waals surface area (Å²) in [5.74, 6) is 0.945. The van der Waals surface area contributed by atoms with Gasteiger partial charge in [0.25, 0.3) is 0 Å². The lowest BCUT2D eigenvalue weighted by atomic mass is 10.1. The van der Waals surface area contributed by atoms with Gasteiger partial charge >= 0.3 is 6.09 Å². The normalized spacial score (nSPS) is 12.7. The molecule has 7 nitrogen and oxygen atoms in total. The Labute approximate surface area is 208 Å². The van der Waals surface area contributed by atoms with Crippen molar-refractivity contribution in [2.75, 3.05) is 0 Å². The summed E-state index contributed by atoms with van der Waals surface area (Å²) in [5, 5.41) is 3.52. The zero-order valence-corrected chi connectivity index (χ0v) is 20.3. The van der Waals surface area contributed by atoms with Crippen molar-refractivity contribution in [2.24, 2.45) is 0 Å². The van der Waals surface area contributed by atoms with Crippen LogP contribution in [0.1, 0.15) is 48.0 Å². The zero-order valence-electron chi connectivity index (χ0n) is 20.3. The molecule has 0 unspecified atom stereocenters. The second-order valence-electron chi connectivity index (χ2n) is 9.75. The van der Waals surface area contributed by atoms with Gasteiger partial charge in [0.15, 0.2) is 5.76 Å². The summed E-state index contributed by atoms with van der Waals surface area (Å²) in [7, 11) is 0. The molecule has 2 heterocycles. The number of rotatable bonds is 6. The van der Waals surface area contributed by atoms with Gasteiger partial charge in [-0.05, 0) is 67.8 Å². The number of hydrogen-bond donors (Lipinski definition) is 1.